The molecule has 0 saturated carbocycles. The number of aromatic nitrogens is 1. The lowest BCUT2D eigenvalue weighted by molar-refractivity contribution is -0.134. The number of piperidine rings is 1. The summed E-state index contributed by atoms with van der Waals surface area (Å²) in [6.07, 6.45) is 3.45. The van der Waals surface area contributed by atoms with E-state index in [0.717, 1.165) is 33.1 Å². The van der Waals surface area contributed by atoms with Crippen molar-refractivity contribution in [2.24, 2.45) is 0 Å². The maximum Gasteiger partial charge on any atom is 0.233 e. The van der Waals surface area contributed by atoms with E-state index in [2.05, 4.69) is 23.7 Å². The van der Waals surface area contributed by atoms with Crippen molar-refractivity contribution in [3.8, 4) is 5.75 Å². The van der Waals surface area contributed by atoms with Gasteiger partial charge in [-0.3, -0.25) is 4.79 Å². The first-order chi connectivity index (χ1) is 11.6. The first-order valence-corrected chi connectivity index (χ1v) is 10.4. The van der Waals surface area contributed by atoms with Crippen LogP contribution in [0, 0.1) is 0 Å². The summed E-state index contributed by atoms with van der Waals surface area (Å²) in [7, 11) is 0. The highest BCUT2D eigenvalue weighted by Gasteiger charge is 2.28. The van der Waals surface area contributed by atoms with Crippen LogP contribution in [0.4, 0.5) is 0 Å². The number of carbonyl (C=O) groups is 1. The Bertz CT molecular complexity index is 706. The van der Waals surface area contributed by atoms with Crippen LogP contribution in [0.1, 0.15) is 40.0 Å². The van der Waals surface area contributed by atoms with Gasteiger partial charge in [-0.2, -0.15) is 0 Å². The van der Waals surface area contributed by atoms with E-state index in [-0.39, 0.29) is 5.91 Å². The summed E-state index contributed by atoms with van der Waals surface area (Å²) in [6.45, 7) is 6.95. The van der Waals surface area contributed by atoms with Crippen molar-refractivity contribution in [1.29, 1.82) is 0 Å². The van der Waals surface area contributed by atoms with E-state index in [9.17, 15) is 4.79 Å². The quantitative estimate of drug-likeness (QED) is 0.729. The second kappa shape index (κ2) is 7.74. The minimum Gasteiger partial charge on any atom is -0.494 e. The normalized spacial score (nSPS) is 21.2. The van der Waals surface area contributed by atoms with Crippen LogP contribution in [0.3, 0.4) is 0 Å². The van der Waals surface area contributed by atoms with Gasteiger partial charge in [0, 0.05) is 12.1 Å². The molecule has 4 nitrogen and oxygen atoms in total. The van der Waals surface area contributed by atoms with Gasteiger partial charge in [0.05, 0.1) is 22.6 Å². The highest BCUT2D eigenvalue weighted by atomic mass is 32.2. The molecular formula is C18H24N2O2S2. The lowest BCUT2D eigenvalue weighted by atomic mass is 9.98. The van der Waals surface area contributed by atoms with Crippen molar-refractivity contribution >= 4 is 39.2 Å². The van der Waals surface area contributed by atoms with Crippen LogP contribution in [-0.4, -0.2) is 40.2 Å². The number of rotatable bonds is 5. The maximum absolute atomic E-state index is 12.6. The Balaban J connectivity index is 1.65. The van der Waals surface area contributed by atoms with Gasteiger partial charge in [-0.05, 0) is 58.2 Å². The van der Waals surface area contributed by atoms with E-state index < -0.39 is 0 Å². The highest BCUT2D eigenvalue weighted by molar-refractivity contribution is 8.01. The molecule has 1 amide bonds. The molecule has 0 unspecified atom stereocenters. The Morgan fingerprint density at radius 1 is 1.38 bits per heavy atom. The zero-order valence-electron chi connectivity index (χ0n) is 14.4. The number of nitrogens with zero attached hydrogens (tertiary/aromatic N) is 2. The topological polar surface area (TPSA) is 42.4 Å². The molecule has 2 atom stereocenters. The maximum atomic E-state index is 12.6. The molecule has 1 aromatic heterocycles. The molecule has 0 N–H and O–H groups in total. The summed E-state index contributed by atoms with van der Waals surface area (Å²) >= 11 is 3.18. The standard InChI is InChI=1S/C18H24N2O2S2/c1-4-22-14-8-9-15-16(10-14)24-18(19-15)23-11-17(21)20-12(2)6-5-7-13(20)3/h8-10,12-13H,4-7,11H2,1-3H3/t12-,13-/m0/s1. The average molecular weight is 365 g/mol. The fourth-order valence-electron chi connectivity index (χ4n) is 3.31. The average Bonchev–Trinajstić information content (AvgIpc) is 2.95. The van der Waals surface area contributed by atoms with Gasteiger partial charge in [0.2, 0.25) is 5.91 Å². The first kappa shape index (κ1) is 17.5. The van der Waals surface area contributed by atoms with Gasteiger partial charge < -0.3 is 9.64 Å². The van der Waals surface area contributed by atoms with E-state index in [4.69, 9.17) is 4.74 Å². The number of hydrogen-bond acceptors (Lipinski definition) is 5. The first-order valence-electron chi connectivity index (χ1n) is 8.56. The highest BCUT2D eigenvalue weighted by Crippen LogP contribution is 2.32. The van der Waals surface area contributed by atoms with Gasteiger partial charge in [-0.1, -0.05) is 11.8 Å². The second-order valence-electron chi connectivity index (χ2n) is 6.26. The number of thioether (sulfide) groups is 1. The monoisotopic (exact) mass is 364 g/mol. The molecule has 24 heavy (non-hydrogen) atoms. The molecule has 1 aliphatic heterocycles. The van der Waals surface area contributed by atoms with Crippen LogP contribution in [0.5, 0.6) is 5.75 Å². The van der Waals surface area contributed by atoms with E-state index >= 15 is 0 Å². The Morgan fingerprint density at radius 2 is 2.12 bits per heavy atom. The summed E-state index contributed by atoms with van der Waals surface area (Å²) in [5.74, 6) is 1.57. The molecule has 0 aliphatic carbocycles. The largest absolute Gasteiger partial charge is 0.494 e. The van der Waals surface area contributed by atoms with Crippen molar-refractivity contribution in [3.63, 3.8) is 0 Å². The molecule has 3 rings (SSSR count). The number of hydrogen-bond donors (Lipinski definition) is 0. The van der Waals surface area contributed by atoms with E-state index in [1.54, 1.807) is 23.1 Å². The van der Waals surface area contributed by atoms with Gasteiger partial charge in [0.15, 0.2) is 4.34 Å². The zero-order chi connectivity index (χ0) is 17.1. The number of fused-ring (bicyclic) bond motifs is 1. The third kappa shape index (κ3) is 3.86. The Morgan fingerprint density at radius 3 is 2.83 bits per heavy atom. The van der Waals surface area contributed by atoms with E-state index in [0.29, 0.717) is 24.4 Å². The number of likely N-dealkylation sites (tertiary alicyclic amines) is 1. The predicted octanol–water partition coefficient (Wildman–Crippen LogP) is 4.58. The molecule has 1 fully saturated rings. The van der Waals surface area contributed by atoms with Crippen LogP contribution in [-0.2, 0) is 4.79 Å². The molecule has 0 radical (unpaired) electrons. The fraction of sp³-hybridized carbons (Fsp3) is 0.556. The van der Waals surface area contributed by atoms with Crippen LogP contribution in [0.25, 0.3) is 10.2 Å². The summed E-state index contributed by atoms with van der Waals surface area (Å²) in [5, 5.41) is 0. The SMILES string of the molecule is CCOc1ccc2nc(SCC(=O)N3[C@@H](C)CCC[C@@H]3C)sc2c1. The second-order valence-corrected chi connectivity index (χ2v) is 8.51. The number of amides is 1. The Kier molecular flexibility index (Phi) is 5.66. The predicted molar refractivity (Wildman–Crippen MR) is 101 cm³/mol. The summed E-state index contributed by atoms with van der Waals surface area (Å²) in [6, 6.07) is 6.66. The third-order valence-corrected chi connectivity index (χ3v) is 6.60. The van der Waals surface area contributed by atoms with Crippen LogP contribution in [0.15, 0.2) is 22.5 Å². The lowest BCUT2D eigenvalue weighted by Gasteiger charge is -2.39. The minimum absolute atomic E-state index is 0.231. The summed E-state index contributed by atoms with van der Waals surface area (Å²) < 4.78 is 7.59. The van der Waals surface area contributed by atoms with Crippen LogP contribution in [0.2, 0.25) is 0 Å². The zero-order valence-corrected chi connectivity index (χ0v) is 16.1. The van der Waals surface area contributed by atoms with Crippen molar-refractivity contribution in [1.82, 2.24) is 9.88 Å². The third-order valence-electron chi connectivity index (χ3n) is 4.45. The van der Waals surface area contributed by atoms with Gasteiger partial charge in [-0.25, -0.2) is 4.98 Å². The summed E-state index contributed by atoms with van der Waals surface area (Å²) in [4.78, 5) is 19.3. The molecule has 2 aromatic rings. The molecule has 1 saturated heterocycles. The van der Waals surface area contributed by atoms with Crippen molar-refractivity contribution < 1.29 is 9.53 Å². The molecular weight excluding hydrogens is 340 g/mol. The van der Waals surface area contributed by atoms with Crippen molar-refractivity contribution in [2.75, 3.05) is 12.4 Å². The number of ether oxygens (including phenoxy) is 1. The van der Waals surface area contributed by atoms with Gasteiger partial charge in [-0.15, -0.1) is 11.3 Å². The summed E-state index contributed by atoms with van der Waals surface area (Å²) in [5.41, 5.74) is 0.970. The fourth-order valence-corrected chi connectivity index (χ4v) is 5.28. The smallest absolute Gasteiger partial charge is 0.233 e. The minimum atomic E-state index is 0.231. The molecule has 2 heterocycles. The Labute approximate surface area is 151 Å². The van der Waals surface area contributed by atoms with Crippen molar-refractivity contribution in [2.45, 2.75) is 56.5 Å². The molecule has 0 spiro atoms. The van der Waals surface area contributed by atoms with Gasteiger partial charge in [0.1, 0.15) is 5.75 Å². The van der Waals surface area contributed by atoms with Crippen molar-refractivity contribution in [3.05, 3.63) is 18.2 Å². The number of benzene rings is 1. The number of thiazole rings is 1. The molecule has 1 aromatic carbocycles. The molecule has 6 heteroatoms. The van der Waals surface area contributed by atoms with Gasteiger partial charge >= 0.3 is 0 Å². The molecule has 1 aliphatic rings. The molecule has 0 bridgehead atoms. The Hall–Kier alpha value is -1.27. The molecule has 130 valence electrons. The number of carbonyl (C=O) groups excluding carboxylic acids is 1. The van der Waals surface area contributed by atoms with E-state index in [1.807, 2.05) is 25.1 Å². The van der Waals surface area contributed by atoms with E-state index in [1.165, 1.54) is 6.42 Å². The van der Waals surface area contributed by atoms with Crippen LogP contribution < -0.4 is 4.74 Å². The van der Waals surface area contributed by atoms with Gasteiger partial charge in [0.25, 0.3) is 0 Å². The van der Waals surface area contributed by atoms with Crippen LogP contribution >= 0.6 is 23.1 Å². The lowest BCUT2D eigenvalue weighted by Crippen LogP contribution is -2.48.